The first-order valence-electron chi connectivity index (χ1n) is 9.45. The second kappa shape index (κ2) is 10.6. The molecule has 0 saturated carbocycles. The summed E-state index contributed by atoms with van der Waals surface area (Å²) in [5, 5.41) is 5.84. The predicted molar refractivity (Wildman–Crippen MR) is 100 cm³/mol. The average Bonchev–Trinajstić information content (AvgIpc) is 3.03. The summed E-state index contributed by atoms with van der Waals surface area (Å²) in [6.45, 7) is 6.46. The highest BCUT2D eigenvalue weighted by Gasteiger charge is 2.15. The van der Waals surface area contributed by atoms with Crippen LogP contribution in [-0.2, 0) is 0 Å². The summed E-state index contributed by atoms with van der Waals surface area (Å²) >= 11 is 1.86. The molecule has 6 heteroatoms. The van der Waals surface area contributed by atoms with E-state index in [0.29, 0.717) is 11.0 Å². The molecule has 0 aliphatic heterocycles. The van der Waals surface area contributed by atoms with E-state index in [4.69, 9.17) is 0 Å². The Morgan fingerprint density at radius 3 is 2.38 bits per heavy atom. The Kier molecular flexibility index (Phi) is 8.50. The van der Waals surface area contributed by atoms with Gasteiger partial charge in [-0.3, -0.25) is 0 Å². The highest BCUT2D eigenvalue weighted by Crippen LogP contribution is 2.29. The third-order valence-electron chi connectivity index (χ3n) is 4.26. The fourth-order valence-electron chi connectivity index (χ4n) is 2.89. The highest BCUT2D eigenvalue weighted by atomic mass is 32.2. The summed E-state index contributed by atoms with van der Waals surface area (Å²) in [5.74, 6) is 1.42. The molecule has 0 saturated heterocycles. The molecule has 2 heterocycles. The van der Waals surface area contributed by atoms with E-state index in [0.717, 1.165) is 11.0 Å². The van der Waals surface area contributed by atoms with Crippen LogP contribution in [0.15, 0.2) is 11.5 Å². The third-order valence-corrected chi connectivity index (χ3v) is 5.54. The van der Waals surface area contributed by atoms with Crippen molar-refractivity contribution in [2.45, 2.75) is 95.4 Å². The van der Waals surface area contributed by atoms with Crippen LogP contribution in [0.5, 0.6) is 0 Å². The van der Waals surface area contributed by atoms with Crippen LogP contribution in [0.25, 0.3) is 5.78 Å². The maximum atomic E-state index is 4.61. The minimum absolute atomic E-state index is 0.611. The second-order valence-electron chi connectivity index (χ2n) is 6.46. The van der Waals surface area contributed by atoms with E-state index in [1.54, 1.807) is 10.8 Å². The van der Waals surface area contributed by atoms with Gasteiger partial charge in [-0.1, -0.05) is 77.0 Å². The summed E-state index contributed by atoms with van der Waals surface area (Å²) < 4.78 is 1.78. The van der Waals surface area contributed by atoms with Crippen LogP contribution >= 0.6 is 11.8 Å². The summed E-state index contributed by atoms with van der Waals surface area (Å²) in [7, 11) is 0. The van der Waals surface area contributed by atoms with E-state index >= 15 is 0 Å². The number of hydrogen-bond acceptors (Lipinski definition) is 5. The van der Waals surface area contributed by atoms with Gasteiger partial charge in [-0.25, -0.2) is 4.98 Å². The third kappa shape index (κ3) is 6.04. The van der Waals surface area contributed by atoms with Crippen molar-refractivity contribution in [3.05, 3.63) is 12.2 Å². The largest absolute Gasteiger partial charge is 0.256 e. The lowest BCUT2D eigenvalue weighted by molar-refractivity contribution is 0.562. The number of aromatic nitrogens is 5. The molecule has 0 aliphatic carbocycles. The average molecular weight is 350 g/mol. The van der Waals surface area contributed by atoms with Crippen LogP contribution in [0.3, 0.4) is 0 Å². The van der Waals surface area contributed by atoms with E-state index in [1.165, 1.54) is 64.2 Å². The summed E-state index contributed by atoms with van der Waals surface area (Å²) in [6.07, 6.45) is 14.7. The zero-order valence-corrected chi connectivity index (χ0v) is 16.2. The van der Waals surface area contributed by atoms with Gasteiger partial charge in [0.15, 0.2) is 5.16 Å². The van der Waals surface area contributed by atoms with Crippen molar-refractivity contribution in [2.24, 2.45) is 0 Å². The van der Waals surface area contributed by atoms with Gasteiger partial charge < -0.3 is 0 Å². The minimum Gasteiger partial charge on any atom is -0.207 e. The molecule has 134 valence electrons. The van der Waals surface area contributed by atoms with Crippen molar-refractivity contribution in [1.82, 2.24) is 24.6 Å². The molecule has 2 aromatic heterocycles. The smallest absolute Gasteiger partial charge is 0.207 e. The van der Waals surface area contributed by atoms with Crippen molar-refractivity contribution in [3.63, 3.8) is 0 Å². The lowest BCUT2D eigenvalue weighted by Gasteiger charge is -2.16. The SMILES string of the molecule is CCCCCCCC(CCCCC)Sc1nc(C)nc2ncnn12. The summed E-state index contributed by atoms with van der Waals surface area (Å²) in [4.78, 5) is 13.2. The molecule has 0 aliphatic rings. The van der Waals surface area contributed by atoms with Crippen LogP contribution < -0.4 is 0 Å². The molecular weight excluding hydrogens is 318 g/mol. The van der Waals surface area contributed by atoms with Crippen molar-refractivity contribution in [1.29, 1.82) is 0 Å². The molecule has 2 rings (SSSR count). The molecule has 0 radical (unpaired) electrons. The maximum Gasteiger partial charge on any atom is 0.256 e. The van der Waals surface area contributed by atoms with Crippen LogP contribution in [0.2, 0.25) is 0 Å². The van der Waals surface area contributed by atoms with Crippen molar-refractivity contribution >= 4 is 17.5 Å². The molecular formula is C18H31N5S. The lowest BCUT2D eigenvalue weighted by Crippen LogP contribution is -2.08. The molecule has 1 atom stereocenters. The number of nitrogens with zero attached hydrogens (tertiary/aromatic N) is 5. The quantitative estimate of drug-likeness (QED) is 0.388. The minimum atomic E-state index is 0.611. The number of thioether (sulfide) groups is 1. The van der Waals surface area contributed by atoms with Gasteiger partial charge in [0.25, 0.3) is 5.78 Å². The van der Waals surface area contributed by atoms with E-state index in [9.17, 15) is 0 Å². The number of fused-ring (bicyclic) bond motifs is 1. The Bertz CT molecular complexity index is 598. The fraction of sp³-hybridized carbons (Fsp3) is 0.778. The van der Waals surface area contributed by atoms with Gasteiger partial charge in [0.1, 0.15) is 12.2 Å². The Morgan fingerprint density at radius 1 is 0.958 bits per heavy atom. The molecule has 0 N–H and O–H groups in total. The van der Waals surface area contributed by atoms with Gasteiger partial charge in [0, 0.05) is 5.25 Å². The first-order valence-corrected chi connectivity index (χ1v) is 10.3. The molecule has 2 aromatic rings. The Balaban J connectivity index is 1.98. The van der Waals surface area contributed by atoms with Crippen molar-refractivity contribution in [2.75, 3.05) is 0 Å². The molecule has 0 spiro atoms. The Morgan fingerprint density at radius 2 is 1.62 bits per heavy atom. The summed E-state index contributed by atoms with van der Waals surface area (Å²) in [6, 6.07) is 0. The fourth-order valence-corrected chi connectivity index (χ4v) is 4.17. The van der Waals surface area contributed by atoms with Gasteiger partial charge in [-0.2, -0.15) is 19.6 Å². The van der Waals surface area contributed by atoms with Gasteiger partial charge in [-0.15, -0.1) is 0 Å². The van der Waals surface area contributed by atoms with Gasteiger partial charge in [-0.05, 0) is 19.8 Å². The van der Waals surface area contributed by atoms with Crippen LogP contribution in [0.1, 0.15) is 83.9 Å². The number of unbranched alkanes of at least 4 members (excludes halogenated alkanes) is 6. The summed E-state index contributed by atoms with van der Waals surface area (Å²) in [5.41, 5.74) is 0. The highest BCUT2D eigenvalue weighted by molar-refractivity contribution is 7.99. The molecule has 0 bridgehead atoms. The molecule has 24 heavy (non-hydrogen) atoms. The Labute approximate surface area is 150 Å². The molecule has 1 unspecified atom stereocenters. The van der Waals surface area contributed by atoms with Gasteiger partial charge in [0.2, 0.25) is 0 Å². The van der Waals surface area contributed by atoms with E-state index in [2.05, 4.69) is 33.9 Å². The topological polar surface area (TPSA) is 56.0 Å². The van der Waals surface area contributed by atoms with Crippen molar-refractivity contribution < 1.29 is 0 Å². The van der Waals surface area contributed by atoms with Crippen LogP contribution in [0, 0.1) is 6.92 Å². The van der Waals surface area contributed by atoms with E-state index in [1.807, 2.05) is 18.7 Å². The predicted octanol–water partition coefficient (Wildman–Crippen LogP) is 5.23. The number of aryl methyl sites for hydroxylation is 1. The van der Waals surface area contributed by atoms with Crippen molar-refractivity contribution in [3.8, 4) is 0 Å². The van der Waals surface area contributed by atoms with Gasteiger partial charge >= 0.3 is 0 Å². The molecule has 0 fully saturated rings. The first kappa shape index (κ1) is 19.2. The zero-order valence-electron chi connectivity index (χ0n) is 15.4. The standard InChI is InChI=1S/C18H31N5S/c1-4-6-8-9-11-13-16(12-10-7-5-2)24-18-22-15(3)21-17-19-14-20-23(17)18/h14,16H,4-13H2,1-3H3. The molecule has 5 nitrogen and oxygen atoms in total. The maximum absolute atomic E-state index is 4.61. The monoisotopic (exact) mass is 349 g/mol. The second-order valence-corrected chi connectivity index (χ2v) is 7.73. The molecule has 0 amide bonds. The lowest BCUT2D eigenvalue weighted by atomic mass is 10.1. The molecule has 0 aromatic carbocycles. The van der Waals surface area contributed by atoms with Crippen LogP contribution in [-0.4, -0.2) is 29.8 Å². The Hall–Kier alpha value is -1.17. The van der Waals surface area contributed by atoms with E-state index < -0.39 is 0 Å². The van der Waals surface area contributed by atoms with E-state index in [-0.39, 0.29) is 0 Å². The van der Waals surface area contributed by atoms with Gasteiger partial charge in [0.05, 0.1) is 0 Å². The van der Waals surface area contributed by atoms with Crippen LogP contribution in [0.4, 0.5) is 0 Å². The number of hydrogen-bond donors (Lipinski definition) is 0. The zero-order chi connectivity index (χ0) is 17.2. The normalized spacial score (nSPS) is 12.8. The first-order chi connectivity index (χ1) is 11.7. The number of rotatable bonds is 12.